The standard InChI is InChI=1S/C16H25NO4/c1-15(2,3)21-14(18)17-12-8-7-11(10-16(4,5)19)13(9-12)20-6/h7-9,19H,10H2,1-6H3,(H,17,18). The molecule has 0 bridgehead atoms. The van der Waals surface area contributed by atoms with E-state index < -0.39 is 17.3 Å². The number of benzene rings is 1. The Balaban J connectivity index is 2.85. The molecule has 0 saturated heterocycles. The maximum atomic E-state index is 11.7. The van der Waals surface area contributed by atoms with E-state index in [4.69, 9.17) is 9.47 Å². The van der Waals surface area contributed by atoms with Gasteiger partial charge in [0.05, 0.1) is 12.7 Å². The fraction of sp³-hybridized carbons (Fsp3) is 0.562. The second-order valence-corrected chi connectivity index (χ2v) is 6.64. The van der Waals surface area contributed by atoms with Gasteiger partial charge >= 0.3 is 6.09 Å². The number of amides is 1. The molecule has 21 heavy (non-hydrogen) atoms. The molecule has 1 aromatic carbocycles. The highest BCUT2D eigenvalue weighted by atomic mass is 16.6. The molecule has 0 spiro atoms. The van der Waals surface area contributed by atoms with Gasteiger partial charge in [0.1, 0.15) is 11.4 Å². The zero-order chi connectivity index (χ0) is 16.3. The largest absolute Gasteiger partial charge is 0.496 e. The molecule has 0 saturated carbocycles. The van der Waals surface area contributed by atoms with Crippen LogP contribution < -0.4 is 10.1 Å². The highest BCUT2D eigenvalue weighted by molar-refractivity contribution is 5.85. The van der Waals surface area contributed by atoms with Gasteiger partial charge in [-0.15, -0.1) is 0 Å². The summed E-state index contributed by atoms with van der Waals surface area (Å²) in [6, 6.07) is 5.29. The minimum atomic E-state index is -0.826. The van der Waals surface area contributed by atoms with Gasteiger partial charge in [-0.1, -0.05) is 6.07 Å². The summed E-state index contributed by atoms with van der Waals surface area (Å²) < 4.78 is 10.5. The van der Waals surface area contributed by atoms with Gasteiger partial charge in [-0.3, -0.25) is 5.32 Å². The van der Waals surface area contributed by atoms with Gasteiger partial charge in [-0.25, -0.2) is 4.79 Å². The number of aliphatic hydroxyl groups is 1. The molecular formula is C16H25NO4. The first-order chi connectivity index (χ1) is 9.50. The van der Waals surface area contributed by atoms with Crippen LogP contribution in [0.15, 0.2) is 18.2 Å². The van der Waals surface area contributed by atoms with Crippen molar-refractivity contribution in [2.75, 3.05) is 12.4 Å². The summed E-state index contributed by atoms with van der Waals surface area (Å²) in [5, 5.41) is 12.5. The Bertz CT molecular complexity index is 498. The normalized spacial score (nSPS) is 12.0. The van der Waals surface area contributed by atoms with Crippen molar-refractivity contribution in [2.45, 2.75) is 52.2 Å². The quantitative estimate of drug-likeness (QED) is 0.893. The third-order valence-corrected chi connectivity index (χ3v) is 2.56. The van der Waals surface area contributed by atoms with Gasteiger partial charge < -0.3 is 14.6 Å². The molecule has 118 valence electrons. The first-order valence-electron chi connectivity index (χ1n) is 6.89. The van der Waals surface area contributed by atoms with Crippen molar-refractivity contribution in [3.8, 4) is 5.75 Å². The minimum absolute atomic E-state index is 0.461. The number of ether oxygens (including phenoxy) is 2. The molecule has 0 aliphatic heterocycles. The average Bonchev–Trinajstić information content (AvgIpc) is 2.26. The Morgan fingerprint density at radius 1 is 1.24 bits per heavy atom. The van der Waals surface area contributed by atoms with Gasteiger partial charge in [0.2, 0.25) is 0 Å². The zero-order valence-electron chi connectivity index (χ0n) is 13.6. The van der Waals surface area contributed by atoms with E-state index in [9.17, 15) is 9.90 Å². The predicted octanol–water partition coefficient (Wildman–Crippen LogP) is 3.36. The fourth-order valence-corrected chi connectivity index (χ4v) is 1.86. The molecular weight excluding hydrogens is 270 g/mol. The second kappa shape index (κ2) is 6.35. The van der Waals surface area contributed by atoms with Crippen LogP contribution in [0.1, 0.15) is 40.2 Å². The Morgan fingerprint density at radius 2 is 1.86 bits per heavy atom. The maximum Gasteiger partial charge on any atom is 0.412 e. The van der Waals surface area contributed by atoms with Crippen molar-refractivity contribution in [2.24, 2.45) is 0 Å². The molecule has 0 fully saturated rings. The van der Waals surface area contributed by atoms with E-state index in [1.165, 1.54) is 0 Å². The fourth-order valence-electron chi connectivity index (χ4n) is 1.86. The third kappa shape index (κ3) is 6.49. The van der Waals surface area contributed by atoms with E-state index in [0.29, 0.717) is 17.9 Å². The Kier molecular flexibility index (Phi) is 5.23. The van der Waals surface area contributed by atoms with Crippen molar-refractivity contribution < 1.29 is 19.4 Å². The number of methoxy groups -OCH3 is 1. The van der Waals surface area contributed by atoms with Crippen LogP contribution in [0, 0.1) is 0 Å². The van der Waals surface area contributed by atoms with Gasteiger partial charge in [0.25, 0.3) is 0 Å². The summed E-state index contributed by atoms with van der Waals surface area (Å²) in [5.74, 6) is 0.616. The molecule has 0 radical (unpaired) electrons. The minimum Gasteiger partial charge on any atom is -0.496 e. The van der Waals surface area contributed by atoms with Crippen LogP contribution in [0.4, 0.5) is 10.5 Å². The Hall–Kier alpha value is -1.75. The van der Waals surface area contributed by atoms with Crippen molar-refractivity contribution in [3.05, 3.63) is 23.8 Å². The van der Waals surface area contributed by atoms with E-state index in [1.54, 1.807) is 53.9 Å². The lowest BCUT2D eigenvalue weighted by molar-refractivity contribution is 0.0635. The zero-order valence-corrected chi connectivity index (χ0v) is 13.6. The molecule has 0 aromatic heterocycles. The van der Waals surface area contributed by atoms with Crippen molar-refractivity contribution in [3.63, 3.8) is 0 Å². The monoisotopic (exact) mass is 295 g/mol. The van der Waals surface area contributed by atoms with Gasteiger partial charge in [-0.2, -0.15) is 0 Å². The molecule has 1 aromatic rings. The summed E-state index contributed by atoms with van der Waals surface area (Å²) >= 11 is 0. The molecule has 0 aliphatic carbocycles. The van der Waals surface area contributed by atoms with Crippen LogP contribution >= 0.6 is 0 Å². The number of nitrogens with one attached hydrogen (secondary N) is 1. The van der Waals surface area contributed by atoms with E-state index in [1.807, 2.05) is 6.07 Å². The summed E-state index contributed by atoms with van der Waals surface area (Å²) in [5.41, 5.74) is 0.0860. The van der Waals surface area contributed by atoms with Gasteiger partial charge in [0, 0.05) is 18.2 Å². The summed E-state index contributed by atoms with van der Waals surface area (Å²) in [7, 11) is 1.56. The van der Waals surface area contributed by atoms with Crippen LogP contribution in [0.25, 0.3) is 0 Å². The van der Waals surface area contributed by atoms with Crippen LogP contribution in [0.2, 0.25) is 0 Å². The number of rotatable bonds is 4. The number of carbonyl (C=O) groups excluding carboxylic acids is 1. The molecule has 0 heterocycles. The predicted molar refractivity (Wildman–Crippen MR) is 82.9 cm³/mol. The maximum absolute atomic E-state index is 11.7. The molecule has 5 heteroatoms. The lowest BCUT2D eigenvalue weighted by Gasteiger charge is -2.21. The highest BCUT2D eigenvalue weighted by Crippen LogP contribution is 2.27. The summed E-state index contributed by atoms with van der Waals surface area (Å²) in [6.45, 7) is 8.89. The lowest BCUT2D eigenvalue weighted by Crippen LogP contribution is -2.27. The lowest BCUT2D eigenvalue weighted by atomic mass is 9.98. The van der Waals surface area contributed by atoms with E-state index >= 15 is 0 Å². The smallest absolute Gasteiger partial charge is 0.412 e. The SMILES string of the molecule is COc1cc(NC(=O)OC(C)(C)C)ccc1CC(C)(C)O. The highest BCUT2D eigenvalue weighted by Gasteiger charge is 2.19. The molecule has 1 amide bonds. The summed E-state index contributed by atoms with van der Waals surface area (Å²) in [4.78, 5) is 11.7. The molecule has 5 nitrogen and oxygen atoms in total. The van der Waals surface area contributed by atoms with Crippen LogP contribution in [-0.2, 0) is 11.2 Å². The summed E-state index contributed by atoms with van der Waals surface area (Å²) in [6.07, 6.45) is -0.0529. The number of hydrogen-bond acceptors (Lipinski definition) is 4. The topological polar surface area (TPSA) is 67.8 Å². The first-order valence-corrected chi connectivity index (χ1v) is 6.89. The molecule has 0 atom stereocenters. The van der Waals surface area contributed by atoms with Crippen molar-refractivity contribution >= 4 is 11.8 Å². The number of hydrogen-bond donors (Lipinski definition) is 2. The number of anilines is 1. The Morgan fingerprint density at radius 3 is 2.33 bits per heavy atom. The average molecular weight is 295 g/mol. The van der Waals surface area contributed by atoms with Crippen molar-refractivity contribution in [1.82, 2.24) is 0 Å². The third-order valence-electron chi connectivity index (χ3n) is 2.56. The second-order valence-electron chi connectivity index (χ2n) is 6.64. The van der Waals surface area contributed by atoms with Gasteiger partial charge in [0.15, 0.2) is 0 Å². The molecule has 0 unspecified atom stereocenters. The van der Waals surface area contributed by atoms with Crippen LogP contribution in [0.5, 0.6) is 5.75 Å². The van der Waals surface area contributed by atoms with E-state index in [0.717, 1.165) is 5.56 Å². The Labute approximate surface area is 126 Å². The first kappa shape index (κ1) is 17.3. The van der Waals surface area contributed by atoms with E-state index in [-0.39, 0.29) is 0 Å². The van der Waals surface area contributed by atoms with E-state index in [2.05, 4.69) is 5.32 Å². The number of carbonyl (C=O) groups is 1. The van der Waals surface area contributed by atoms with Crippen LogP contribution in [0.3, 0.4) is 0 Å². The molecule has 2 N–H and O–H groups in total. The van der Waals surface area contributed by atoms with Gasteiger partial charge in [-0.05, 0) is 46.2 Å². The molecule has 0 aliphatic rings. The van der Waals surface area contributed by atoms with Crippen LogP contribution in [-0.4, -0.2) is 29.5 Å². The van der Waals surface area contributed by atoms with Crippen molar-refractivity contribution in [1.29, 1.82) is 0 Å². The molecule has 1 rings (SSSR count).